The second-order valence-corrected chi connectivity index (χ2v) is 4.81. The van der Waals surface area contributed by atoms with Gasteiger partial charge in [-0.1, -0.05) is 36.4 Å². The van der Waals surface area contributed by atoms with Gasteiger partial charge in [0.05, 0.1) is 17.2 Å². The maximum atomic E-state index is 9.92. The van der Waals surface area contributed by atoms with Gasteiger partial charge in [0.25, 0.3) is 0 Å². The Hall–Kier alpha value is -2.55. The van der Waals surface area contributed by atoms with Crippen molar-refractivity contribution in [3.63, 3.8) is 0 Å². The molecule has 3 nitrogen and oxygen atoms in total. The number of fused-ring (bicyclic) bond motifs is 1. The molecule has 0 radical (unpaired) electrons. The zero-order valence-corrected chi connectivity index (χ0v) is 11.2. The lowest BCUT2D eigenvalue weighted by Crippen LogP contribution is -2.07. The molecule has 3 rings (SSSR count). The predicted octanol–water partition coefficient (Wildman–Crippen LogP) is 4.11. The first-order valence-corrected chi connectivity index (χ1v) is 6.64. The highest BCUT2D eigenvalue weighted by molar-refractivity contribution is 5.90. The highest BCUT2D eigenvalue weighted by atomic mass is 16.3. The van der Waals surface area contributed by atoms with Crippen LogP contribution in [0.5, 0.6) is 5.75 Å². The molecule has 20 heavy (non-hydrogen) atoms. The van der Waals surface area contributed by atoms with Crippen LogP contribution in [0, 0.1) is 0 Å². The molecule has 2 N–H and O–H groups in total. The van der Waals surface area contributed by atoms with Crippen LogP contribution < -0.4 is 5.32 Å². The van der Waals surface area contributed by atoms with Crippen molar-refractivity contribution in [2.75, 3.05) is 5.32 Å². The van der Waals surface area contributed by atoms with Crippen molar-refractivity contribution in [1.82, 2.24) is 4.98 Å². The third kappa shape index (κ3) is 2.30. The van der Waals surface area contributed by atoms with Crippen molar-refractivity contribution in [3.8, 4) is 5.75 Å². The van der Waals surface area contributed by atoms with Crippen LogP contribution in [0.3, 0.4) is 0 Å². The summed E-state index contributed by atoms with van der Waals surface area (Å²) in [6.45, 7) is 2.02. The number of nitrogens with one attached hydrogen (secondary N) is 1. The van der Waals surface area contributed by atoms with Crippen LogP contribution in [0.4, 0.5) is 5.69 Å². The summed E-state index contributed by atoms with van der Waals surface area (Å²) in [6.07, 6.45) is 1.79. The van der Waals surface area contributed by atoms with Crippen molar-refractivity contribution < 1.29 is 5.11 Å². The van der Waals surface area contributed by atoms with Crippen molar-refractivity contribution in [2.24, 2.45) is 0 Å². The van der Waals surface area contributed by atoms with E-state index >= 15 is 0 Å². The van der Waals surface area contributed by atoms with Crippen LogP contribution >= 0.6 is 0 Å². The summed E-state index contributed by atoms with van der Waals surface area (Å²) in [5, 5.41) is 14.4. The van der Waals surface area contributed by atoms with Gasteiger partial charge in [0, 0.05) is 17.1 Å². The Morgan fingerprint density at radius 1 is 1.00 bits per heavy atom. The van der Waals surface area contributed by atoms with Crippen LogP contribution in [0.15, 0.2) is 60.8 Å². The lowest BCUT2D eigenvalue weighted by atomic mass is 10.1. The van der Waals surface area contributed by atoms with E-state index in [1.807, 2.05) is 55.5 Å². The average molecular weight is 264 g/mol. The summed E-state index contributed by atoms with van der Waals surface area (Å²) < 4.78 is 0. The Morgan fingerprint density at radius 3 is 2.65 bits per heavy atom. The summed E-state index contributed by atoms with van der Waals surface area (Å²) in [5.74, 6) is 0.306. The number of nitrogens with zero attached hydrogens (tertiary/aromatic N) is 1. The van der Waals surface area contributed by atoms with E-state index in [0.717, 1.165) is 22.2 Å². The lowest BCUT2D eigenvalue weighted by Gasteiger charge is -2.17. The minimum absolute atomic E-state index is 0.00352. The SMILES string of the molecule is CC(Nc1cccc2cccnc12)c1ccccc1O. The molecular weight excluding hydrogens is 248 g/mol. The van der Waals surface area contributed by atoms with Gasteiger partial charge in [-0.15, -0.1) is 0 Å². The summed E-state index contributed by atoms with van der Waals surface area (Å²) in [5.41, 5.74) is 2.79. The molecule has 3 heteroatoms. The van der Waals surface area contributed by atoms with E-state index in [-0.39, 0.29) is 6.04 Å². The van der Waals surface area contributed by atoms with Crippen LogP contribution in [0.2, 0.25) is 0 Å². The topological polar surface area (TPSA) is 45.2 Å². The monoisotopic (exact) mass is 264 g/mol. The zero-order chi connectivity index (χ0) is 13.9. The molecule has 0 bridgehead atoms. The van der Waals surface area contributed by atoms with Gasteiger partial charge in [0.15, 0.2) is 0 Å². The highest BCUT2D eigenvalue weighted by Gasteiger charge is 2.11. The van der Waals surface area contributed by atoms with E-state index in [1.54, 1.807) is 12.3 Å². The van der Waals surface area contributed by atoms with Crippen molar-refractivity contribution in [2.45, 2.75) is 13.0 Å². The number of hydrogen-bond donors (Lipinski definition) is 2. The van der Waals surface area contributed by atoms with Gasteiger partial charge in [-0.25, -0.2) is 0 Å². The molecule has 1 unspecified atom stereocenters. The molecule has 1 aromatic heterocycles. The molecule has 0 fully saturated rings. The van der Waals surface area contributed by atoms with Crippen molar-refractivity contribution >= 4 is 16.6 Å². The highest BCUT2D eigenvalue weighted by Crippen LogP contribution is 2.29. The molecule has 0 saturated carbocycles. The summed E-state index contributed by atoms with van der Waals surface area (Å²) >= 11 is 0. The second-order valence-electron chi connectivity index (χ2n) is 4.81. The van der Waals surface area contributed by atoms with Gasteiger partial charge in [-0.2, -0.15) is 0 Å². The quantitative estimate of drug-likeness (QED) is 0.748. The number of anilines is 1. The maximum absolute atomic E-state index is 9.92. The molecular formula is C17H16N2O. The number of phenolic OH excluding ortho intramolecular Hbond substituents is 1. The van der Waals surface area contributed by atoms with Gasteiger partial charge in [-0.05, 0) is 25.1 Å². The molecule has 1 atom stereocenters. The Balaban J connectivity index is 1.96. The summed E-state index contributed by atoms with van der Waals surface area (Å²) in [6, 6.07) is 17.4. The number of aromatic hydroxyl groups is 1. The standard InChI is InChI=1S/C17H16N2O/c1-12(14-8-2-3-10-16(14)20)19-15-9-4-6-13-7-5-11-18-17(13)15/h2-12,19-20H,1H3. The molecule has 0 aliphatic rings. The van der Waals surface area contributed by atoms with Gasteiger partial charge in [-0.3, -0.25) is 4.98 Å². The second kappa shape index (κ2) is 5.21. The smallest absolute Gasteiger partial charge is 0.120 e. The molecule has 0 amide bonds. The lowest BCUT2D eigenvalue weighted by molar-refractivity contribution is 0.465. The van der Waals surface area contributed by atoms with Crippen LogP contribution in [0.25, 0.3) is 10.9 Å². The predicted molar refractivity (Wildman–Crippen MR) is 81.9 cm³/mol. The molecule has 1 heterocycles. The van der Waals surface area contributed by atoms with E-state index in [1.165, 1.54) is 0 Å². The fourth-order valence-electron chi connectivity index (χ4n) is 2.39. The zero-order valence-electron chi connectivity index (χ0n) is 11.2. The number of benzene rings is 2. The third-order valence-electron chi connectivity index (χ3n) is 3.41. The fraction of sp³-hybridized carbons (Fsp3) is 0.118. The maximum Gasteiger partial charge on any atom is 0.120 e. The Labute approximate surface area is 117 Å². The molecule has 0 spiro atoms. The minimum atomic E-state index is 0.00352. The molecule has 2 aromatic carbocycles. The number of para-hydroxylation sites is 2. The number of pyridine rings is 1. The summed E-state index contributed by atoms with van der Waals surface area (Å²) in [4.78, 5) is 4.43. The van der Waals surface area contributed by atoms with E-state index in [2.05, 4.69) is 10.3 Å². The first kappa shape index (κ1) is 12.5. The Bertz CT molecular complexity index is 734. The molecule has 100 valence electrons. The molecule has 0 saturated heterocycles. The fourth-order valence-corrected chi connectivity index (χ4v) is 2.39. The van der Waals surface area contributed by atoms with Gasteiger partial charge >= 0.3 is 0 Å². The van der Waals surface area contributed by atoms with Gasteiger partial charge in [0.2, 0.25) is 0 Å². The number of aromatic nitrogens is 1. The van der Waals surface area contributed by atoms with Crippen LogP contribution in [-0.2, 0) is 0 Å². The van der Waals surface area contributed by atoms with Gasteiger partial charge in [0.1, 0.15) is 5.75 Å². The average Bonchev–Trinajstić information content (AvgIpc) is 2.48. The first-order valence-electron chi connectivity index (χ1n) is 6.64. The van der Waals surface area contributed by atoms with Gasteiger partial charge < -0.3 is 10.4 Å². The normalized spacial score (nSPS) is 12.2. The molecule has 0 aliphatic carbocycles. The van der Waals surface area contributed by atoms with E-state index in [0.29, 0.717) is 5.75 Å². The number of rotatable bonds is 3. The first-order chi connectivity index (χ1) is 9.75. The minimum Gasteiger partial charge on any atom is -0.508 e. The molecule has 3 aromatic rings. The number of hydrogen-bond acceptors (Lipinski definition) is 3. The van der Waals surface area contributed by atoms with Crippen molar-refractivity contribution in [3.05, 3.63) is 66.4 Å². The van der Waals surface area contributed by atoms with Crippen LogP contribution in [-0.4, -0.2) is 10.1 Å². The van der Waals surface area contributed by atoms with Crippen LogP contribution in [0.1, 0.15) is 18.5 Å². The Kier molecular flexibility index (Phi) is 3.25. The summed E-state index contributed by atoms with van der Waals surface area (Å²) in [7, 11) is 0. The van der Waals surface area contributed by atoms with Crippen molar-refractivity contribution in [1.29, 1.82) is 0 Å². The largest absolute Gasteiger partial charge is 0.508 e. The van der Waals surface area contributed by atoms with E-state index < -0.39 is 0 Å². The number of phenols is 1. The third-order valence-corrected chi connectivity index (χ3v) is 3.41. The molecule has 0 aliphatic heterocycles. The van der Waals surface area contributed by atoms with E-state index in [4.69, 9.17) is 0 Å². The Morgan fingerprint density at radius 2 is 1.80 bits per heavy atom. The van der Waals surface area contributed by atoms with E-state index in [9.17, 15) is 5.11 Å².